The van der Waals surface area contributed by atoms with Gasteiger partial charge in [0.25, 0.3) is 0 Å². The van der Waals surface area contributed by atoms with Gasteiger partial charge in [0.15, 0.2) is 0 Å². The van der Waals surface area contributed by atoms with Crippen LogP contribution in [0, 0.1) is 11.2 Å². The van der Waals surface area contributed by atoms with Gasteiger partial charge in [-0.25, -0.2) is 4.39 Å². The van der Waals surface area contributed by atoms with Crippen LogP contribution in [0.5, 0.6) is 0 Å². The zero-order valence-electron chi connectivity index (χ0n) is 10.3. The number of hydrogen-bond acceptors (Lipinski definition) is 1. The van der Waals surface area contributed by atoms with E-state index in [0.717, 1.165) is 0 Å². The molecule has 0 spiro atoms. The number of hydrogen-bond donors (Lipinski definition) is 1. The largest absolute Gasteiger partial charge is 0.310 e. The molecular weight excluding hydrogens is 225 g/mol. The van der Waals surface area contributed by atoms with Gasteiger partial charge in [-0.2, -0.15) is 0 Å². The Labute approximate surface area is 102 Å². The maximum atomic E-state index is 13.5. The molecule has 0 radical (unpaired) electrons. The van der Waals surface area contributed by atoms with Gasteiger partial charge in [0.05, 0.1) is 0 Å². The minimum Gasteiger partial charge on any atom is -0.310 e. The van der Waals surface area contributed by atoms with Crippen LogP contribution >= 0.6 is 11.6 Å². The molecule has 1 aromatic carbocycles. The summed E-state index contributed by atoms with van der Waals surface area (Å²) >= 11 is 5.69. The summed E-state index contributed by atoms with van der Waals surface area (Å²) in [6.07, 6.45) is 0. The third kappa shape index (κ3) is 3.76. The third-order valence-electron chi connectivity index (χ3n) is 2.91. The summed E-state index contributed by atoms with van der Waals surface area (Å²) in [6.45, 7) is 9.10. The highest BCUT2D eigenvalue weighted by atomic mass is 35.5. The van der Waals surface area contributed by atoms with Crippen LogP contribution in [-0.2, 0) is 6.54 Å². The fraction of sp³-hybridized carbons (Fsp3) is 0.538. The van der Waals surface area contributed by atoms with Crippen LogP contribution in [0.25, 0.3) is 0 Å². The third-order valence-corrected chi connectivity index (χ3v) is 3.15. The van der Waals surface area contributed by atoms with Crippen molar-refractivity contribution < 1.29 is 4.39 Å². The van der Waals surface area contributed by atoms with E-state index in [1.165, 1.54) is 6.07 Å². The second kappa shape index (κ2) is 5.15. The zero-order chi connectivity index (χ0) is 12.3. The lowest BCUT2D eigenvalue weighted by molar-refractivity contribution is 0.284. The van der Waals surface area contributed by atoms with Gasteiger partial charge in [0, 0.05) is 23.2 Å². The minimum atomic E-state index is -0.249. The topological polar surface area (TPSA) is 12.0 Å². The Morgan fingerprint density at radius 3 is 2.50 bits per heavy atom. The summed E-state index contributed by atoms with van der Waals surface area (Å²) < 4.78 is 13.5. The molecule has 1 atom stereocenters. The van der Waals surface area contributed by atoms with Crippen molar-refractivity contribution in [2.24, 2.45) is 5.41 Å². The minimum absolute atomic E-state index is 0.170. The smallest absolute Gasteiger partial charge is 0.129 e. The fourth-order valence-electron chi connectivity index (χ4n) is 1.23. The van der Waals surface area contributed by atoms with E-state index >= 15 is 0 Å². The van der Waals surface area contributed by atoms with Crippen molar-refractivity contribution in [3.63, 3.8) is 0 Å². The zero-order valence-corrected chi connectivity index (χ0v) is 11.0. The van der Waals surface area contributed by atoms with E-state index in [2.05, 4.69) is 33.0 Å². The van der Waals surface area contributed by atoms with Crippen molar-refractivity contribution in [2.45, 2.75) is 40.3 Å². The lowest BCUT2D eigenvalue weighted by atomic mass is 9.88. The van der Waals surface area contributed by atoms with Gasteiger partial charge in [0.1, 0.15) is 5.82 Å². The second-order valence-electron chi connectivity index (χ2n) is 5.20. The van der Waals surface area contributed by atoms with Gasteiger partial charge >= 0.3 is 0 Å². The average Bonchev–Trinajstić information content (AvgIpc) is 2.14. The lowest BCUT2D eigenvalue weighted by Crippen LogP contribution is -2.37. The molecule has 90 valence electrons. The molecule has 0 fully saturated rings. The molecule has 0 aliphatic carbocycles. The molecule has 1 nitrogen and oxygen atoms in total. The molecule has 0 aliphatic heterocycles. The van der Waals surface area contributed by atoms with Crippen molar-refractivity contribution >= 4 is 11.6 Å². The fourth-order valence-corrected chi connectivity index (χ4v) is 1.39. The standard InChI is InChI=1S/C13H19ClFN/c1-9(13(2,3)4)16-8-10-5-6-11(14)7-12(10)15/h5-7,9,16H,8H2,1-4H3. The Kier molecular flexibility index (Phi) is 4.34. The van der Waals surface area contributed by atoms with Gasteiger partial charge < -0.3 is 5.32 Å². The van der Waals surface area contributed by atoms with E-state index < -0.39 is 0 Å². The maximum absolute atomic E-state index is 13.5. The molecule has 0 saturated carbocycles. The molecule has 0 aliphatic rings. The summed E-state index contributed by atoms with van der Waals surface area (Å²) in [6, 6.07) is 5.10. The Morgan fingerprint density at radius 2 is 2.00 bits per heavy atom. The first kappa shape index (κ1) is 13.5. The molecule has 0 aromatic heterocycles. The average molecular weight is 244 g/mol. The summed E-state index contributed by atoms with van der Waals surface area (Å²) in [5, 5.41) is 3.75. The number of halogens is 2. The summed E-state index contributed by atoms with van der Waals surface area (Å²) in [5.74, 6) is -0.249. The molecule has 3 heteroatoms. The first-order chi connectivity index (χ1) is 7.30. The van der Waals surface area contributed by atoms with Gasteiger partial charge in [0.2, 0.25) is 0 Å². The number of benzene rings is 1. The molecule has 0 heterocycles. The van der Waals surface area contributed by atoms with Crippen molar-refractivity contribution in [2.75, 3.05) is 0 Å². The Bertz CT molecular complexity index is 357. The van der Waals surface area contributed by atoms with E-state index in [4.69, 9.17) is 11.6 Å². The lowest BCUT2D eigenvalue weighted by Gasteiger charge is -2.28. The molecule has 16 heavy (non-hydrogen) atoms. The van der Waals surface area contributed by atoms with Gasteiger partial charge in [-0.15, -0.1) is 0 Å². The molecule has 0 saturated heterocycles. The molecule has 1 N–H and O–H groups in total. The highest BCUT2D eigenvalue weighted by Gasteiger charge is 2.19. The van der Waals surface area contributed by atoms with Crippen LogP contribution in [-0.4, -0.2) is 6.04 Å². The number of rotatable bonds is 3. The quantitative estimate of drug-likeness (QED) is 0.846. The van der Waals surface area contributed by atoms with Crippen molar-refractivity contribution in [1.29, 1.82) is 0 Å². The molecular formula is C13H19ClFN. The molecule has 1 unspecified atom stereocenters. The van der Waals surface area contributed by atoms with E-state index in [1.807, 2.05) is 0 Å². The van der Waals surface area contributed by atoms with Crippen LogP contribution in [0.4, 0.5) is 4.39 Å². The summed E-state index contributed by atoms with van der Waals surface area (Å²) in [7, 11) is 0. The number of nitrogens with one attached hydrogen (secondary N) is 1. The van der Waals surface area contributed by atoms with E-state index in [-0.39, 0.29) is 11.2 Å². The van der Waals surface area contributed by atoms with Crippen molar-refractivity contribution in [1.82, 2.24) is 5.32 Å². The Hall–Kier alpha value is -0.600. The van der Waals surface area contributed by atoms with Crippen molar-refractivity contribution in [3.05, 3.63) is 34.6 Å². The van der Waals surface area contributed by atoms with Crippen LogP contribution in [0.3, 0.4) is 0 Å². The first-order valence-electron chi connectivity index (χ1n) is 5.48. The summed E-state index contributed by atoms with van der Waals surface area (Å²) in [4.78, 5) is 0. The van der Waals surface area contributed by atoms with Crippen LogP contribution < -0.4 is 5.32 Å². The van der Waals surface area contributed by atoms with E-state index in [1.54, 1.807) is 12.1 Å². The second-order valence-corrected chi connectivity index (χ2v) is 5.64. The molecule has 1 aromatic rings. The highest BCUT2D eigenvalue weighted by Crippen LogP contribution is 2.20. The molecule has 1 rings (SSSR count). The van der Waals surface area contributed by atoms with Crippen LogP contribution in [0.1, 0.15) is 33.3 Å². The normalized spacial score (nSPS) is 13.9. The predicted molar refractivity (Wildman–Crippen MR) is 67.2 cm³/mol. The first-order valence-corrected chi connectivity index (χ1v) is 5.86. The highest BCUT2D eigenvalue weighted by molar-refractivity contribution is 6.30. The van der Waals surface area contributed by atoms with E-state index in [0.29, 0.717) is 23.2 Å². The van der Waals surface area contributed by atoms with Gasteiger partial charge in [-0.1, -0.05) is 38.4 Å². The summed E-state index contributed by atoms with van der Waals surface area (Å²) in [5.41, 5.74) is 0.823. The van der Waals surface area contributed by atoms with Gasteiger partial charge in [-0.3, -0.25) is 0 Å². The Morgan fingerprint density at radius 1 is 1.38 bits per heavy atom. The van der Waals surface area contributed by atoms with Gasteiger partial charge in [-0.05, 0) is 24.5 Å². The molecule has 0 amide bonds. The van der Waals surface area contributed by atoms with Crippen LogP contribution in [0.2, 0.25) is 5.02 Å². The molecule has 0 bridgehead atoms. The SMILES string of the molecule is CC(NCc1ccc(Cl)cc1F)C(C)(C)C. The Balaban J connectivity index is 2.62. The van der Waals surface area contributed by atoms with Crippen LogP contribution in [0.15, 0.2) is 18.2 Å². The predicted octanol–water partition coefficient (Wildman–Crippen LogP) is 4.00. The maximum Gasteiger partial charge on any atom is 0.129 e. The van der Waals surface area contributed by atoms with E-state index in [9.17, 15) is 4.39 Å². The monoisotopic (exact) mass is 243 g/mol. The van der Waals surface area contributed by atoms with Crippen molar-refractivity contribution in [3.8, 4) is 0 Å².